The molecule has 1 nitrogen and oxygen atoms in total. The topological polar surface area (TPSA) is 3.24 Å². The average Bonchev–Trinajstić information content (AvgIpc) is 3.68. The van der Waals surface area contributed by atoms with Crippen LogP contribution in [0.15, 0.2) is 152 Å². The minimum atomic E-state index is -0.141. The maximum absolute atomic E-state index is 2.54. The number of nitrogens with zero attached hydrogens (tertiary/aromatic N) is 1. The first-order valence-electron chi connectivity index (χ1n) is 19.8. The Bertz CT molecular complexity index is 2780. The molecule has 7 aromatic carbocycles. The largest absolute Gasteiger partial charge is 0.310 e. The van der Waals surface area contributed by atoms with E-state index in [2.05, 4.69) is 198 Å². The van der Waals surface area contributed by atoms with Crippen LogP contribution < -0.4 is 4.90 Å². The average molecular weight is 730 g/mol. The van der Waals surface area contributed by atoms with Crippen LogP contribution in [0.4, 0.5) is 17.1 Å². The second kappa shape index (κ2) is 12.3. The Morgan fingerprint density at radius 1 is 0.418 bits per heavy atom. The molecule has 0 bridgehead atoms. The van der Waals surface area contributed by atoms with Gasteiger partial charge in [0.2, 0.25) is 0 Å². The van der Waals surface area contributed by atoms with E-state index in [0.29, 0.717) is 0 Å². The predicted octanol–water partition coefficient (Wildman–Crippen LogP) is 15.5. The second-order valence-electron chi connectivity index (χ2n) is 17.6. The van der Waals surface area contributed by atoms with Crippen LogP contribution in [-0.2, 0) is 16.2 Å². The van der Waals surface area contributed by atoms with E-state index < -0.39 is 0 Å². The highest BCUT2D eigenvalue weighted by Gasteiger charge is 2.39. The van der Waals surface area contributed by atoms with E-state index in [-0.39, 0.29) is 16.2 Å². The molecular weight excluding hydrogens is 683 g/mol. The van der Waals surface area contributed by atoms with Crippen molar-refractivity contribution in [2.75, 3.05) is 4.90 Å². The van der Waals surface area contributed by atoms with E-state index in [4.69, 9.17) is 0 Å². The first kappa shape index (κ1) is 34.1. The van der Waals surface area contributed by atoms with Crippen molar-refractivity contribution in [1.29, 1.82) is 0 Å². The van der Waals surface area contributed by atoms with E-state index in [9.17, 15) is 0 Å². The quantitative estimate of drug-likeness (QED) is 0.170. The van der Waals surface area contributed by atoms with Crippen molar-refractivity contribution in [2.24, 2.45) is 0 Å². The van der Waals surface area contributed by atoms with Crippen molar-refractivity contribution in [3.63, 3.8) is 0 Å². The standard InChI is InChI=1S/C53H47NS/c1-51(2)28-29-52(3,4)47-30-36(22-26-45(47)51)41-32-42-39-16-10-12-18-44(39)53(5,6)46(42)33-48(41)54(37-23-20-35(21-24-37)34-14-8-7-9-15-34)38-25-27-50-43(31-38)40-17-11-13-19-49(40)55-50/h7-27,30-33H,28-29H2,1-6H3. The Labute approximate surface area is 329 Å². The SMILES string of the molecule is CC1(C)CCC(C)(C)c2cc(-c3cc4c(cc3N(c3ccc(-c5ccccc5)cc3)c3ccc5sc6ccccc6c5c3)C(C)(C)c3ccccc3-4)ccc21. The number of hydrogen-bond donors (Lipinski definition) is 0. The van der Waals surface area contributed by atoms with Gasteiger partial charge in [0.25, 0.3) is 0 Å². The minimum absolute atomic E-state index is 0.102. The van der Waals surface area contributed by atoms with Crippen LogP contribution in [0.5, 0.6) is 0 Å². The van der Waals surface area contributed by atoms with Gasteiger partial charge >= 0.3 is 0 Å². The van der Waals surface area contributed by atoms with Gasteiger partial charge in [0.05, 0.1) is 5.69 Å². The lowest BCUT2D eigenvalue weighted by Gasteiger charge is -2.42. The van der Waals surface area contributed by atoms with Crippen molar-refractivity contribution in [1.82, 2.24) is 0 Å². The summed E-state index contributed by atoms with van der Waals surface area (Å²) < 4.78 is 2.64. The zero-order valence-electron chi connectivity index (χ0n) is 32.7. The summed E-state index contributed by atoms with van der Waals surface area (Å²) >= 11 is 1.88. The van der Waals surface area contributed by atoms with E-state index in [1.165, 1.54) is 94.3 Å². The maximum atomic E-state index is 2.54. The van der Waals surface area contributed by atoms with Crippen LogP contribution in [0, 0.1) is 0 Å². The van der Waals surface area contributed by atoms with E-state index in [1.807, 2.05) is 11.3 Å². The Morgan fingerprint density at radius 2 is 1.05 bits per heavy atom. The third-order valence-electron chi connectivity index (χ3n) is 13.0. The monoisotopic (exact) mass is 729 g/mol. The third-order valence-corrected chi connectivity index (χ3v) is 14.1. The van der Waals surface area contributed by atoms with Gasteiger partial charge < -0.3 is 4.90 Å². The molecule has 0 fully saturated rings. The van der Waals surface area contributed by atoms with Gasteiger partial charge in [-0.25, -0.2) is 0 Å². The number of benzene rings is 7. The zero-order valence-corrected chi connectivity index (χ0v) is 33.5. The normalized spacial score (nSPS) is 16.1. The highest BCUT2D eigenvalue weighted by Crippen LogP contribution is 2.55. The molecule has 0 spiro atoms. The Kier molecular flexibility index (Phi) is 7.61. The first-order chi connectivity index (χ1) is 26.5. The summed E-state index contributed by atoms with van der Waals surface area (Å²) in [5.74, 6) is 0. The van der Waals surface area contributed by atoms with Crippen LogP contribution in [0.1, 0.15) is 76.6 Å². The molecule has 0 atom stereocenters. The number of anilines is 3. The molecule has 10 rings (SSSR count). The maximum Gasteiger partial charge on any atom is 0.0543 e. The smallest absolute Gasteiger partial charge is 0.0543 e. The fourth-order valence-corrected chi connectivity index (χ4v) is 10.7. The molecule has 0 saturated carbocycles. The van der Waals surface area contributed by atoms with Crippen molar-refractivity contribution < 1.29 is 0 Å². The van der Waals surface area contributed by atoms with E-state index in [1.54, 1.807) is 0 Å². The lowest BCUT2D eigenvalue weighted by atomic mass is 9.63. The molecule has 2 heteroatoms. The number of thiophene rings is 1. The van der Waals surface area contributed by atoms with Gasteiger partial charge in [-0.05, 0) is 122 Å². The molecular formula is C53H47NS. The predicted molar refractivity (Wildman–Crippen MR) is 238 cm³/mol. The Balaban J connectivity index is 1.26. The molecule has 0 saturated heterocycles. The minimum Gasteiger partial charge on any atom is -0.310 e. The van der Waals surface area contributed by atoms with Crippen LogP contribution in [0.3, 0.4) is 0 Å². The van der Waals surface area contributed by atoms with Crippen LogP contribution in [0.25, 0.3) is 53.6 Å². The van der Waals surface area contributed by atoms with Gasteiger partial charge in [-0.2, -0.15) is 0 Å². The summed E-state index contributed by atoms with van der Waals surface area (Å²) in [6.45, 7) is 14.5. The summed E-state index contributed by atoms with van der Waals surface area (Å²) in [6.07, 6.45) is 2.39. The van der Waals surface area contributed by atoms with Gasteiger partial charge in [-0.1, -0.05) is 145 Å². The van der Waals surface area contributed by atoms with E-state index >= 15 is 0 Å². The molecule has 2 aliphatic carbocycles. The van der Waals surface area contributed by atoms with Crippen molar-refractivity contribution in [3.05, 3.63) is 174 Å². The van der Waals surface area contributed by atoms with Crippen LogP contribution in [0.2, 0.25) is 0 Å². The van der Waals surface area contributed by atoms with Crippen molar-refractivity contribution in [2.45, 2.75) is 70.6 Å². The summed E-state index contributed by atoms with van der Waals surface area (Å²) in [5, 5.41) is 2.62. The van der Waals surface area contributed by atoms with Crippen LogP contribution in [-0.4, -0.2) is 0 Å². The molecule has 1 heterocycles. The highest BCUT2D eigenvalue weighted by atomic mass is 32.1. The van der Waals surface area contributed by atoms with Gasteiger partial charge in [0.15, 0.2) is 0 Å². The molecule has 55 heavy (non-hydrogen) atoms. The third kappa shape index (κ3) is 5.40. The second-order valence-corrected chi connectivity index (χ2v) is 18.7. The Hall–Kier alpha value is -5.44. The van der Waals surface area contributed by atoms with Crippen molar-refractivity contribution >= 4 is 48.6 Å². The summed E-state index contributed by atoms with van der Waals surface area (Å²) in [5.41, 5.74) is 17.0. The van der Waals surface area contributed by atoms with Crippen molar-refractivity contribution in [3.8, 4) is 33.4 Å². The highest BCUT2D eigenvalue weighted by molar-refractivity contribution is 7.25. The summed E-state index contributed by atoms with van der Waals surface area (Å²) in [6, 6.07) is 57.3. The lowest BCUT2D eigenvalue weighted by Crippen LogP contribution is -2.33. The van der Waals surface area contributed by atoms with Gasteiger partial charge in [-0.3, -0.25) is 0 Å². The fraction of sp³-hybridized carbons (Fsp3) is 0.208. The van der Waals surface area contributed by atoms with E-state index in [0.717, 1.165) is 11.4 Å². The van der Waals surface area contributed by atoms with Crippen LogP contribution >= 0.6 is 11.3 Å². The zero-order chi connectivity index (χ0) is 37.7. The van der Waals surface area contributed by atoms with Gasteiger partial charge in [0, 0.05) is 42.5 Å². The molecule has 0 unspecified atom stereocenters. The molecule has 0 aliphatic heterocycles. The molecule has 0 radical (unpaired) electrons. The van der Waals surface area contributed by atoms with Gasteiger partial charge in [0.1, 0.15) is 0 Å². The summed E-state index contributed by atoms with van der Waals surface area (Å²) in [4.78, 5) is 2.53. The molecule has 0 amide bonds. The molecule has 2 aliphatic rings. The summed E-state index contributed by atoms with van der Waals surface area (Å²) in [7, 11) is 0. The fourth-order valence-electron chi connectivity index (χ4n) is 9.62. The Morgan fingerprint density at radius 3 is 1.85 bits per heavy atom. The first-order valence-corrected chi connectivity index (χ1v) is 20.6. The molecule has 1 aromatic heterocycles. The lowest BCUT2D eigenvalue weighted by molar-refractivity contribution is 0.332. The number of hydrogen-bond acceptors (Lipinski definition) is 2. The number of rotatable bonds is 5. The molecule has 0 N–H and O–H groups in total. The molecule has 270 valence electrons. The molecule has 8 aromatic rings. The van der Waals surface area contributed by atoms with Gasteiger partial charge in [-0.15, -0.1) is 11.3 Å². The number of fused-ring (bicyclic) bond motifs is 7.